The molecule has 0 bridgehead atoms. The lowest BCUT2D eigenvalue weighted by Gasteiger charge is -2.51. The molecule has 236 valence electrons. The van der Waals surface area contributed by atoms with Crippen LogP contribution in [-0.2, 0) is 36.3 Å². The van der Waals surface area contributed by atoms with Crippen LogP contribution in [0.3, 0.4) is 0 Å². The molecule has 2 atom stereocenters. The Labute approximate surface area is 275 Å². The van der Waals surface area contributed by atoms with Gasteiger partial charge < -0.3 is 0 Å². The average Bonchev–Trinajstić information content (AvgIpc) is 3.06. The first-order valence-electron chi connectivity index (χ1n) is 17.5. The number of nitrogens with zero attached hydrogens (tertiary/aromatic N) is 2. The zero-order valence-electron chi connectivity index (χ0n) is 28.8. The van der Waals surface area contributed by atoms with Crippen LogP contribution in [0.4, 0.5) is 4.39 Å². The van der Waals surface area contributed by atoms with Gasteiger partial charge in [-0.05, 0) is 77.9 Å². The first kappa shape index (κ1) is 30.8. The first-order valence-corrected chi connectivity index (χ1v) is 17.5. The van der Waals surface area contributed by atoms with Crippen LogP contribution in [0.25, 0.3) is 33.3 Å². The Morgan fingerprint density at radius 2 is 1.57 bits per heavy atom. The fourth-order valence-corrected chi connectivity index (χ4v) is 9.44. The molecule has 5 aromatic rings. The highest BCUT2D eigenvalue weighted by atomic mass is 19.1. The lowest BCUT2D eigenvalue weighted by atomic mass is 9.54. The Kier molecular flexibility index (Phi) is 7.46. The maximum atomic E-state index is 16.4. The summed E-state index contributed by atoms with van der Waals surface area (Å²) in [6, 6.07) is 26.4. The van der Waals surface area contributed by atoms with Crippen LogP contribution < -0.4 is 9.13 Å². The Hall–Kier alpha value is -3.85. The predicted octanol–water partition coefficient (Wildman–Crippen LogP) is 9.83. The smallest absolute Gasteiger partial charge is 0.207 e. The monoisotopic (exact) mass is 612 g/mol. The molecule has 2 aromatic heterocycles. The zero-order valence-corrected chi connectivity index (χ0v) is 28.8. The summed E-state index contributed by atoms with van der Waals surface area (Å²) in [7, 11) is 2.13. The van der Waals surface area contributed by atoms with Crippen LogP contribution in [0.5, 0.6) is 0 Å². The van der Waals surface area contributed by atoms with Crippen LogP contribution in [0.1, 0.15) is 101 Å². The van der Waals surface area contributed by atoms with E-state index in [1.807, 2.05) is 0 Å². The van der Waals surface area contributed by atoms with Crippen LogP contribution in [0.15, 0.2) is 85.2 Å². The second-order valence-electron chi connectivity index (χ2n) is 14.6. The third kappa shape index (κ3) is 4.19. The molecule has 0 fully saturated rings. The van der Waals surface area contributed by atoms with Crippen LogP contribution in [0, 0.1) is 5.82 Å². The number of aryl methyl sites for hydroxylation is 3. The molecule has 3 heterocycles. The van der Waals surface area contributed by atoms with Crippen molar-refractivity contribution in [1.29, 1.82) is 0 Å². The lowest BCUT2D eigenvalue weighted by Crippen LogP contribution is -2.69. The molecule has 0 radical (unpaired) electrons. The summed E-state index contributed by atoms with van der Waals surface area (Å²) < 4.78 is 21.2. The van der Waals surface area contributed by atoms with Crippen LogP contribution in [0.2, 0.25) is 0 Å². The number of unbranched alkanes of at least 4 members (excludes halogenated alkanes) is 1. The minimum atomic E-state index is -0.448. The van der Waals surface area contributed by atoms with Crippen LogP contribution >= 0.6 is 0 Å². The predicted molar refractivity (Wildman–Crippen MR) is 188 cm³/mol. The number of aromatic nitrogens is 2. The molecular weight excluding hydrogens is 563 g/mol. The summed E-state index contributed by atoms with van der Waals surface area (Å²) in [5, 5.41) is 2.61. The fraction of sp³-hybridized carbons (Fsp3) is 0.395. The zero-order chi connectivity index (χ0) is 32.4. The first-order chi connectivity index (χ1) is 22.1. The SMILES string of the molecule is CCCCc1cc2c3c4[n+](ccc3c1)C(C)(CC)C(CC)(CCc1ccccc1-c1cccc[n+]1C)c1ccc(F)c(c1-4)C2(C)C. The molecule has 1 aliphatic heterocycles. The van der Waals surface area contributed by atoms with Gasteiger partial charge in [0.2, 0.25) is 11.4 Å². The van der Waals surface area contributed by atoms with E-state index in [1.54, 1.807) is 6.07 Å². The van der Waals surface area contributed by atoms with Gasteiger partial charge in [-0.25, -0.2) is 8.96 Å². The third-order valence-electron chi connectivity index (χ3n) is 12.2. The van der Waals surface area contributed by atoms with Crippen molar-refractivity contribution in [3.63, 3.8) is 0 Å². The van der Waals surface area contributed by atoms with Gasteiger partial charge in [-0.2, -0.15) is 4.57 Å². The highest BCUT2D eigenvalue weighted by molar-refractivity contribution is 6.01. The Bertz CT molecular complexity index is 1990. The molecule has 3 aromatic carbocycles. The van der Waals surface area contributed by atoms with E-state index < -0.39 is 5.41 Å². The van der Waals surface area contributed by atoms with Gasteiger partial charge in [-0.1, -0.05) is 77.4 Å². The number of hydrogen-bond acceptors (Lipinski definition) is 0. The summed E-state index contributed by atoms with van der Waals surface area (Å²) in [6.07, 6.45) is 11.7. The molecule has 1 aliphatic carbocycles. The quantitative estimate of drug-likeness (QED) is 0.146. The largest absolute Gasteiger partial charge is 0.221 e. The number of benzene rings is 3. The van der Waals surface area contributed by atoms with Crippen molar-refractivity contribution >= 4 is 10.8 Å². The minimum absolute atomic E-state index is 0.0797. The Morgan fingerprint density at radius 1 is 0.783 bits per heavy atom. The van der Waals surface area contributed by atoms with Gasteiger partial charge in [0.05, 0.1) is 16.4 Å². The van der Waals surface area contributed by atoms with Crippen molar-refractivity contribution in [2.24, 2.45) is 7.05 Å². The normalized spacial score (nSPS) is 20.7. The lowest BCUT2D eigenvalue weighted by molar-refractivity contribution is -0.765. The highest BCUT2D eigenvalue weighted by Gasteiger charge is 2.61. The molecule has 46 heavy (non-hydrogen) atoms. The number of rotatable bonds is 9. The minimum Gasteiger partial charge on any atom is -0.207 e. The van der Waals surface area contributed by atoms with Crippen molar-refractivity contribution < 1.29 is 13.5 Å². The van der Waals surface area contributed by atoms with E-state index in [9.17, 15) is 0 Å². The Morgan fingerprint density at radius 3 is 2.30 bits per heavy atom. The second-order valence-corrected chi connectivity index (χ2v) is 14.6. The Balaban J connectivity index is 1.47. The number of halogens is 1. The van der Waals surface area contributed by atoms with Crippen molar-refractivity contribution in [2.45, 2.75) is 103 Å². The molecule has 2 aliphatic rings. The summed E-state index contributed by atoms with van der Waals surface area (Å²) in [5.74, 6) is -0.0797. The topological polar surface area (TPSA) is 7.76 Å². The van der Waals surface area contributed by atoms with E-state index in [2.05, 4.69) is 137 Å². The van der Waals surface area contributed by atoms with Gasteiger partial charge in [0.15, 0.2) is 17.9 Å². The van der Waals surface area contributed by atoms with Crippen LogP contribution in [-0.4, -0.2) is 0 Å². The summed E-state index contributed by atoms with van der Waals surface area (Å²) >= 11 is 0. The number of hydrogen-bond donors (Lipinski definition) is 0. The van der Waals surface area contributed by atoms with Crippen molar-refractivity contribution in [2.75, 3.05) is 0 Å². The van der Waals surface area contributed by atoms with E-state index in [0.717, 1.165) is 43.2 Å². The number of pyridine rings is 2. The van der Waals surface area contributed by atoms with Gasteiger partial charge in [0.1, 0.15) is 12.9 Å². The van der Waals surface area contributed by atoms with Crippen molar-refractivity contribution in [1.82, 2.24) is 0 Å². The van der Waals surface area contributed by atoms with Crippen molar-refractivity contribution in [3.8, 4) is 22.5 Å². The molecule has 2 nitrogen and oxygen atoms in total. The fourth-order valence-electron chi connectivity index (χ4n) is 9.44. The molecular formula is C43H49FN2+2. The molecule has 0 N–H and O–H groups in total. The molecule has 0 amide bonds. The van der Waals surface area contributed by atoms with Gasteiger partial charge >= 0.3 is 0 Å². The van der Waals surface area contributed by atoms with E-state index in [1.165, 1.54) is 62.8 Å². The highest BCUT2D eigenvalue weighted by Crippen LogP contribution is 2.59. The summed E-state index contributed by atoms with van der Waals surface area (Å²) in [4.78, 5) is 0. The maximum Gasteiger partial charge on any atom is 0.221 e. The second kappa shape index (κ2) is 11.1. The maximum absolute atomic E-state index is 16.4. The van der Waals surface area contributed by atoms with Crippen molar-refractivity contribution in [3.05, 3.63) is 119 Å². The summed E-state index contributed by atoms with van der Waals surface area (Å²) in [6.45, 7) is 13.9. The van der Waals surface area contributed by atoms with Gasteiger partial charge in [0.25, 0.3) is 0 Å². The standard InChI is InChI=1S/C43H49FN2/c1-8-11-16-29-27-31-23-26-46-40-37(31)34(28-29)41(4,5)39-35(44)21-20-33(38(39)40)43(10-3,42(46,6)9-2)24-22-30-17-12-13-18-32(30)36-19-14-15-25-45(36)7/h12-15,17-21,23,25-28H,8-11,16,22,24H2,1-7H3/q+2. The molecule has 2 unspecified atom stereocenters. The third-order valence-corrected chi connectivity index (χ3v) is 12.2. The van der Waals surface area contributed by atoms with E-state index in [4.69, 9.17) is 0 Å². The van der Waals surface area contributed by atoms with E-state index in [-0.39, 0.29) is 16.8 Å². The van der Waals surface area contributed by atoms with E-state index >= 15 is 4.39 Å². The average molecular weight is 613 g/mol. The molecule has 0 spiro atoms. The van der Waals surface area contributed by atoms with E-state index in [0.29, 0.717) is 0 Å². The molecule has 0 saturated heterocycles. The van der Waals surface area contributed by atoms with Gasteiger partial charge in [0, 0.05) is 48.1 Å². The van der Waals surface area contributed by atoms with Gasteiger partial charge in [-0.3, -0.25) is 0 Å². The van der Waals surface area contributed by atoms with Gasteiger partial charge in [-0.15, -0.1) is 0 Å². The molecule has 3 heteroatoms. The molecule has 0 saturated carbocycles. The summed E-state index contributed by atoms with van der Waals surface area (Å²) in [5.41, 5.74) is 10.3. The molecule has 7 rings (SSSR count).